The predicted molar refractivity (Wildman–Crippen MR) is 89.8 cm³/mol. The van der Waals surface area contributed by atoms with Crippen LogP contribution in [0, 0.1) is 18.8 Å². The molecule has 4 aliphatic rings. The molecule has 0 radical (unpaired) electrons. The Morgan fingerprint density at radius 1 is 1.22 bits per heavy atom. The summed E-state index contributed by atoms with van der Waals surface area (Å²) in [5.41, 5.74) is 1.44. The molecular weight excluding hydrogens is 288 g/mol. The van der Waals surface area contributed by atoms with Crippen LogP contribution in [-0.4, -0.2) is 52.9 Å². The fourth-order valence-electron chi connectivity index (χ4n) is 4.15. The third-order valence-corrected chi connectivity index (χ3v) is 5.65. The molecule has 0 amide bonds. The van der Waals surface area contributed by atoms with Crippen LogP contribution < -0.4 is 4.90 Å². The van der Waals surface area contributed by atoms with Gasteiger partial charge in [-0.2, -0.15) is 0 Å². The molecular formula is C18H26N4O. The maximum atomic E-state index is 11.6. The molecule has 0 N–H and O–H groups in total. The second-order valence-electron chi connectivity index (χ2n) is 7.62. The molecule has 1 aliphatic carbocycles. The van der Waals surface area contributed by atoms with Crippen molar-refractivity contribution in [3.63, 3.8) is 0 Å². The Morgan fingerprint density at radius 3 is 2.74 bits per heavy atom. The summed E-state index contributed by atoms with van der Waals surface area (Å²) in [6.45, 7) is 8.10. The van der Waals surface area contributed by atoms with E-state index in [0.29, 0.717) is 11.6 Å². The van der Waals surface area contributed by atoms with E-state index in [9.17, 15) is 4.79 Å². The van der Waals surface area contributed by atoms with Crippen LogP contribution in [0.15, 0.2) is 6.20 Å². The van der Waals surface area contributed by atoms with E-state index in [1.165, 1.54) is 38.8 Å². The van der Waals surface area contributed by atoms with Gasteiger partial charge in [-0.15, -0.1) is 0 Å². The molecule has 1 aromatic heterocycles. The maximum absolute atomic E-state index is 11.6. The van der Waals surface area contributed by atoms with Crippen molar-refractivity contribution < 1.29 is 4.79 Å². The van der Waals surface area contributed by atoms with Gasteiger partial charge >= 0.3 is 0 Å². The van der Waals surface area contributed by atoms with Gasteiger partial charge in [-0.05, 0) is 51.4 Å². The summed E-state index contributed by atoms with van der Waals surface area (Å²) in [5.74, 6) is 2.53. The second-order valence-corrected chi connectivity index (χ2v) is 7.62. The number of carbonyl (C=O) groups excluding carboxylic acids is 1. The minimum absolute atomic E-state index is 0.0422. The van der Waals surface area contributed by atoms with Crippen molar-refractivity contribution in [2.24, 2.45) is 11.8 Å². The molecule has 1 aromatic rings. The first-order valence-electron chi connectivity index (χ1n) is 8.93. The largest absolute Gasteiger partial charge is 0.339 e. The maximum Gasteiger partial charge on any atom is 0.225 e. The van der Waals surface area contributed by atoms with Gasteiger partial charge in [0.1, 0.15) is 0 Å². The normalized spacial score (nSPS) is 28.0. The monoisotopic (exact) mass is 314 g/mol. The van der Waals surface area contributed by atoms with Crippen LogP contribution in [0.2, 0.25) is 0 Å². The van der Waals surface area contributed by atoms with Gasteiger partial charge in [0.2, 0.25) is 5.95 Å². The van der Waals surface area contributed by atoms with Gasteiger partial charge in [-0.3, -0.25) is 9.69 Å². The molecule has 3 saturated heterocycles. The smallest absolute Gasteiger partial charge is 0.225 e. The number of nitrogens with zero attached hydrogens (tertiary/aromatic N) is 4. The first-order valence-corrected chi connectivity index (χ1v) is 8.93. The topological polar surface area (TPSA) is 49.3 Å². The van der Waals surface area contributed by atoms with E-state index in [4.69, 9.17) is 0 Å². The van der Waals surface area contributed by atoms with Crippen LogP contribution in [0.3, 0.4) is 0 Å². The minimum atomic E-state index is 0.0422. The average Bonchev–Trinajstić information content (AvgIpc) is 3.34. The van der Waals surface area contributed by atoms with E-state index in [2.05, 4.69) is 19.8 Å². The van der Waals surface area contributed by atoms with E-state index in [1.54, 1.807) is 13.1 Å². The van der Waals surface area contributed by atoms with E-state index in [-0.39, 0.29) is 5.78 Å². The summed E-state index contributed by atoms with van der Waals surface area (Å²) in [6, 6.07) is 0.644. The Morgan fingerprint density at radius 2 is 2.04 bits per heavy atom. The summed E-state index contributed by atoms with van der Waals surface area (Å²) in [5, 5.41) is 0. The zero-order chi connectivity index (χ0) is 16.0. The Labute approximate surface area is 138 Å². The van der Waals surface area contributed by atoms with E-state index in [1.807, 2.05) is 6.92 Å². The third kappa shape index (κ3) is 3.11. The van der Waals surface area contributed by atoms with Crippen molar-refractivity contribution in [2.75, 3.05) is 31.1 Å². The number of anilines is 1. The molecule has 124 valence electrons. The standard InChI is InChI=1S/C18H26N4O/c1-12-17(13(2)23)7-19-18(20-12)22-10-15-5-6-16(11-22)21(9-15)8-14-3-4-14/h7,14-16H,3-6,8-11H2,1-2H3/t15-,16-/m0/s1. The van der Waals surface area contributed by atoms with Gasteiger partial charge in [0.15, 0.2) is 5.78 Å². The fourth-order valence-corrected chi connectivity index (χ4v) is 4.15. The highest BCUT2D eigenvalue weighted by Gasteiger charge is 2.37. The van der Waals surface area contributed by atoms with Crippen LogP contribution in [0.25, 0.3) is 0 Å². The van der Waals surface area contributed by atoms with Crippen molar-refractivity contribution in [1.29, 1.82) is 0 Å². The zero-order valence-electron chi connectivity index (χ0n) is 14.2. The molecule has 23 heavy (non-hydrogen) atoms. The van der Waals surface area contributed by atoms with Crippen LogP contribution in [0.1, 0.15) is 48.7 Å². The summed E-state index contributed by atoms with van der Waals surface area (Å²) in [7, 11) is 0. The van der Waals surface area contributed by atoms with Gasteiger partial charge in [0.05, 0.1) is 11.3 Å². The Balaban J connectivity index is 1.53. The molecule has 4 fully saturated rings. The fraction of sp³-hybridized carbons (Fsp3) is 0.722. The summed E-state index contributed by atoms with van der Waals surface area (Å²) >= 11 is 0. The molecule has 0 spiro atoms. The molecule has 0 aromatic carbocycles. The predicted octanol–water partition coefficient (Wildman–Crippen LogP) is 2.30. The van der Waals surface area contributed by atoms with E-state index >= 15 is 0 Å². The number of hydrogen-bond donors (Lipinski definition) is 0. The Hall–Kier alpha value is -1.49. The minimum Gasteiger partial charge on any atom is -0.339 e. The van der Waals surface area contributed by atoms with Gasteiger partial charge in [-0.1, -0.05) is 0 Å². The summed E-state index contributed by atoms with van der Waals surface area (Å²) in [6.07, 6.45) is 7.18. The molecule has 5 heteroatoms. The number of rotatable bonds is 4. The number of piperidine rings is 1. The number of ketones is 1. The lowest BCUT2D eigenvalue weighted by Crippen LogP contribution is -2.44. The second kappa shape index (κ2) is 5.86. The number of hydrogen-bond acceptors (Lipinski definition) is 5. The number of fused-ring (bicyclic) bond motifs is 4. The van der Waals surface area contributed by atoms with Crippen LogP contribution in [0.5, 0.6) is 0 Å². The molecule has 1 saturated carbocycles. The van der Waals surface area contributed by atoms with Crippen molar-refractivity contribution in [1.82, 2.24) is 14.9 Å². The number of aromatic nitrogens is 2. The lowest BCUT2D eigenvalue weighted by molar-refractivity contribution is 0.101. The lowest BCUT2D eigenvalue weighted by Gasteiger charge is -2.36. The Bertz CT molecular complexity index is 613. The van der Waals surface area contributed by atoms with E-state index in [0.717, 1.165) is 36.6 Å². The van der Waals surface area contributed by atoms with Crippen LogP contribution >= 0.6 is 0 Å². The molecule has 3 aliphatic heterocycles. The molecule has 2 bridgehead atoms. The highest BCUT2D eigenvalue weighted by Crippen LogP contribution is 2.35. The third-order valence-electron chi connectivity index (χ3n) is 5.65. The van der Waals surface area contributed by atoms with Crippen molar-refractivity contribution in [3.8, 4) is 0 Å². The number of aryl methyl sites for hydroxylation is 1. The van der Waals surface area contributed by atoms with Gasteiger partial charge < -0.3 is 4.90 Å². The summed E-state index contributed by atoms with van der Waals surface area (Å²) in [4.78, 5) is 25.8. The van der Waals surface area contributed by atoms with Crippen LogP contribution in [0.4, 0.5) is 5.95 Å². The lowest BCUT2D eigenvalue weighted by atomic mass is 9.95. The molecule has 5 rings (SSSR count). The highest BCUT2D eigenvalue weighted by molar-refractivity contribution is 5.94. The molecule has 2 atom stereocenters. The zero-order valence-corrected chi connectivity index (χ0v) is 14.2. The number of Topliss-reactive ketones (excluding diaryl/α,β-unsaturated/α-hetero) is 1. The molecule has 4 heterocycles. The molecule has 0 unspecified atom stereocenters. The highest BCUT2D eigenvalue weighted by atomic mass is 16.1. The van der Waals surface area contributed by atoms with Crippen molar-refractivity contribution in [2.45, 2.75) is 45.6 Å². The average molecular weight is 314 g/mol. The first-order chi connectivity index (χ1) is 11.1. The SMILES string of the molecule is CC(=O)c1cnc(N2C[C@H]3CC[C@@H](C2)N(CC2CC2)C3)nc1C. The van der Waals surface area contributed by atoms with Crippen LogP contribution in [-0.2, 0) is 0 Å². The van der Waals surface area contributed by atoms with E-state index < -0.39 is 0 Å². The molecule has 5 nitrogen and oxygen atoms in total. The Kier molecular flexibility index (Phi) is 3.84. The van der Waals surface area contributed by atoms with Crippen molar-refractivity contribution >= 4 is 11.7 Å². The van der Waals surface area contributed by atoms with Gasteiger partial charge in [0.25, 0.3) is 0 Å². The quantitative estimate of drug-likeness (QED) is 0.798. The first kappa shape index (κ1) is 15.1. The van der Waals surface area contributed by atoms with Gasteiger partial charge in [-0.25, -0.2) is 9.97 Å². The van der Waals surface area contributed by atoms with Gasteiger partial charge in [0, 0.05) is 38.4 Å². The summed E-state index contributed by atoms with van der Waals surface area (Å²) < 4.78 is 0. The number of carbonyl (C=O) groups is 1. The van der Waals surface area contributed by atoms with Crippen molar-refractivity contribution in [3.05, 3.63) is 17.5 Å².